The fraction of sp³-hybridized carbons (Fsp3) is 0.672. The number of carbonyl (C=O) groups is 1. The highest BCUT2D eigenvalue weighted by Crippen LogP contribution is 2.22. The summed E-state index contributed by atoms with van der Waals surface area (Å²) in [4.78, 5) is 13.0. The van der Waals surface area contributed by atoms with E-state index in [1.807, 2.05) is 6.08 Å². The van der Waals surface area contributed by atoms with E-state index in [1.165, 1.54) is 83.5 Å². The van der Waals surface area contributed by atoms with Gasteiger partial charge in [-0.2, -0.15) is 0 Å². The molecule has 0 aromatic rings. The fourth-order valence-corrected chi connectivity index (χ4v) is 7.62. The van der Waals surface area contributed by atoms with E-state index in [4.69, 9.17) is 9.47 Å². The largest absolute Gasteiger partial charge is 0.394 e. The van der Waals surface area contributed by atoms with Gasteiger partial charge in [0.1, 0.15) is 24.4 Å². The Labute approximate surface area is 408 Å². The van der Waals surface area contributed by atoms with Gasteiger partial charge in [0.25, 0.3) is 0 Å². The van der Waals surface area contributed by atoms with Crippen molar-refractivity contribution in [3.63, 3.8) is 0 Å². The SMILES string of the molecule is CC/C=C\C/C=C\C/C=C\C/C=C\C/C=C\C/C=C\C/C=C\CCCCCC(=O)NC(COC1OC(CO)C(O)C(O)C1O)C(O)/C=C/CC/C=C/CCCCCCCCCCCCCCC. The van der Waals surface area contributed by atoms with Crippen LogP contribution >= 0.6 is 0 Å². The van der Waals surface area contributed by atoms with Crippen LogP contribution in [0.2, 0.25) is 0 Å². The second-order valence-corrected chi connectivity index (χ2v) is 17.9. The van der Waals surface area contributed by atoms with Crippen molar-refractivity contribution < 1.29 is 39.8 Å². The molecular formula is C58H97NO8. The molecule has 7 atom stereocenters. The van der Waals surface area contributed by atoms with Gasteiger partial charge in [0, 0.05) is 6.42 Å². The van der Waals surface area contributed by atoms with Crippen molar-refractivity contribution in [1.82, 2.24) is 5.32 Å². The molecule has 1 fully saturated rings. The minimum Gasteiger partial charge on any atom is -0.394 e. The molecule has 0 radical (unpaired) electrons. The predicted octanol–water partition coefficient (Wildman–Crippen LogP) is 12.6. The van der Waals surface area contributed by atoms with Gasteiger partial charge in [0.05, 0.1) is 25.4 Å². The number of nitrogens with one attached hydrogen (secondary N) is 1. The number of amides is 1. The predicted molar refractivity (Wildman–Crippen MR) is 281 cm³/mol. The molecular weight excluding hydrogens is 839 g/mol. The summed E-state index contributed by atoms with van der Waals surface area (Å²) in [5, 5.41) is 54.4. The van der Waals surface area contributed by atoms with E-state index >= 15 is 0 Å². The summed E-state index contributed by atoms with van der Waals surface area (Å²) in [7, 11) is 0. The molecule has 1 aliphatic rings. The molecule has 1 saturated heterocycles. The van der Waals surface area contributed by atoms with Crippen LogP contribution < -0.4 is 5.32 Å². The zero-order valence-electron chi connectivity index (χ0n) is 42.1. The molecule has 0 aromatic carbocycles. The molecule has 0 aliphatic carbocycles. The minimum absolute atomic E-state index is 0.222. The molecule has 1 heterocycles. The zero-order chi connectivity index (χ0) is 48.7. The molecule has 0 bridgehead atoms. The summed E-state index contributed by atoms with van der Waals surface area (Å²) in [6.45, 7) is 3.62. The van der Waals surface area contributed by atoms with Crippen LogP contribution in [0.5, 0.6) is 0 Å². The lowest BCUT2D eigenvalue weighted by Gasteiger charge is -2.40. The lowest BCUT2D eigenvalue weighted by molar-refractivity contribution is -0.302. The average molecular weight is 936 g/mol. The van der Waals surface area contributed by atoms with E-state index in [2.05, 4.69) is 116 Å². The molecule has 7 unspecified atom stereocenters. The first-order chi connectivity index (χ1) is 32.8. The van der Waals surface area contributed by atoms with Crippen LogP contribution in [0, 0.1) is 0 Å². The van der Waals surface area contributed by atoms with Gasteiger partial charge in [-0.1, -0.05) is 207 Å². The first-order valence-corrected chi connectivity index (χ1v) is 26.6. The van der Waals surface area contributed by atoms with Gasteiger partial charge >= 0.3 is 0 Å². The maximum Gasteiger partial charge on any atom is 0.220 e. The summed E-state index contributed by atoms with van der Waals surface area (Å²) in [6.07, 6.45) is 61.4. The van der Waals surface area contributed by atoms with E-state index in [-0.39, 0.29) is 12.5 Å². The summed E-state index contributed by atoms with van der Waals surface area (Å²) >= 11 is 0. The highest BCUT2D eigenvalue weighted by atomic mass is 16.7. The number of aliphatic hydroxyl groups is 5. The lowest BCUT2D eigenvalue weighted by Crippen LogP contribution is -2.60. The number of aliphatic hydroxyl groups excluding tert-OH is 5. The highest BCUT2D eigenvalue weighted by Gasteiger charge is 2.44. The quantitative estimate of drug-likeness (QED) is 0.0261. The van der Waals surface area contributed by atoms with Gasteiger partial charge in [-0.15, -0.1) is 0 Å². The van der Waals surface area contributed by atoms with Crippen LogP contribution in [-0.2, 0) is 14.3 Å². The Morgan fingerprint density at radius 1 is 0.522 bits per heavy atom. The highest BCUT2D eigenvalue weighted by molar-refractivity contribution is 5.76. The fourth-order valence-electron chi connectivity index (χ4n) is 7.62. The molecule has 1 aliphatic heterocycles. The van der Waals surface area contributed by atoms with Gasteiger partial charge in [-0.3, -0.25) is 4.79 Å². The summed E-state index contributed by atoms with van der Waals surface area (Å²) in [6, 6.07) is -0.848. The van der Waals surface area contributed by atoms with E-state index < -0.39 is 49.5 Å². The minimum atomic E-state index is -1.59. The van der Waals surface area contributed by atoms with Gasteiger partial charge in [0.15, 0.2) is 6.29 Å². The Kier molecular flexibility index (Phi) is 43.0. The Bertz CT molecular complexity index is 1410. The van der Waals surface area contributed by atoms with Crippen molar-refractivity contribution in [1.29, 1.82) is 0 Å². The third-order valence-corrected chi connectivity index (χ3v) is 11.8. The molecule has 67 heavy (non-hydrogen) atoms. The molecule has 382 valence electrons. The van der Waals surface area contributed by atoms with Crippen LogP contribution in [0.4, 0.5) is 0 Å². The second kappa shape index (κ2) is 46.6. The molecule has 6 N–H and O–H groups in total. The normalized spacial score (nSPS) is 20.6. The van der Waals surface area contributed by atoms with Crippen molar-refractivity contribution >= 4 is 5.91 Å². The van der Waals surface area contributed by atoms with Crippen LogP contribution in [0.15, 0.2) is 109 Å². The number of rotatable bonds is 43. The number of hydrogen-bond acceptors (Lipinski definition) is 8. The van der Waals surface area contributed by atoms with Gasteiger partial charge in [0.2, 0.25) is 5.91 Å². The molecule has 9 heteroatoms. The monoisotopic (exact) mass is 936 g/mol. The third kappa shape index (κ3) is 36.5. The summed E-state index contributed by atoms with van der Waals surface area (Å²) in [5.41, 5.74) is 0. The van der Waals surface area contributed by atoms with E-state index in [0.717, 1.165) is 83.5 Å². The van der Waals surface area contributed by atoms with Crippen molar-refractivity contribution in [2.75, 3.05) is 13.2 Å². The Morgan fingerprint density at radius 3 is 1.43 bits per heavy atom. The third-order valence-electron chi connectivity index (χ3n) is 11.8. The van der Waals surface area contributed by atoms with Crippen molar-refractivity contribution in [3.05, 3.63) is 109 Å². The van der Waals surface area contributed by atoms with Crippen LogP contribution in [0.1, 0.15) is 194 Å². The molecule has 9 nitrogen and oxygen atoms in total. The smallest absolute Gasteiger partial charge is 0.220 e. The number of carbonyl (C=O) groups excluding carboxylic acids is 1. The van der Waals surface area contributed by atoms with Crippen molar-refractivity contribution in [3.8, 4) is 0 Å². The van der Waals surface area contributed by atoms with E-state index in [9.17, 15) is 30.3 Å². The van der Waals surface area contributed by atoms with Gasteiger partial charge < -0.3 is 40.3 Å². The average Bonchev–Trinajstić information content (AvgIpc) is 3.33. The molecule has 0 aromatic heterocycles. The van der Waals surface area contributed by atoms with Crippen LogP contribution in [0.3, 0.4) is 0 Å². The van der Waals surface area contributed by atoms with Gasteiger partial charge in [-0.25, -0.2) is 0 Å². The van der Waals surface area contributed by atoms with Crippen molar-refractivity contribution in [2.24, 2.45) is 0 Å². The first kappa shape index (κ1) is 61.9. The lowest BCUT2D eigenvalue weighted by atomic mass is 9.99. The Morgan fingerprint density at radius 2 is 0.940 bits per heavy atom. The van der Waals surface area contributed by atoms with Gasteiger partial charge in [-0.05, 0) is 89.9 Å². The standard InChI is InChI=1S/C58H97NO8/c1-3-5-7-9-11-13-15-17-19-21-23-24-25-26-27-28-30-32-34-36-38-40-42-44-46-48-54(62)59-51(50-66-58-57(65)56(64)55(63)53(49-60)67-58)52(61)47-45-43-41-39-37-35-33-31-29-22-20-18-16-14-12-10-8-6-4-2/h5,7,11,13,17,19,23-24,26-27,30,32,36-39,45,47,51-53,55-58,60-61,63-65H,3-4,6,8-10,12,14-16,18,20-22,25,28-29,31,33-35,40-44,46,48-50H2,1-2H3,(H,59,62)/b7-5-,13-11-,19-17-,24-23-,27-26-,32-30-,38-36-,39-37+,47-45+. The Hall–Kier alpha value is -3.15. The van der Waals surface area contributed by atoms with E-state index in [0.29, 0.717) is 12.8 Å². The first-order valence-electron chi connectivity index (χ1n) is 26.6. The molecule has 0 saturated carbocycles. The number of unbranched alkanes of at least 4 members (excludes halogenated alkanes) is 17. The van der Waals surface area contributed by atoms with E-state index in [1.54, 1.807) is 6.08 Å². The topological polar surface area (TPSA) is 149 Å². The molecule has 1 rings (SSSR count). The molecule has 1 amide bonds. The zero-order valence-corrected chi connectivity index (χ0v) is 42.1. The summed E-state index contributed by atoms with van der Waals surface area (Å²) in [5.74, 6) is -0.223. The second-order valence-electron chi connectivity index (χ2n) is 17.9. The van der Waals surface area contributed by atoms with Crippen molar-refractivity contribution in [2.45, 2.75) is 236 Å². The van der Waals surface area contributed by atoms with Crippen LogP contribution in [-0.4, -0.2) is 87.5 Å². The Balaban J connectivity index is 2.35. The molecule has 0 spiro atoms. The maximum absolute atomic E-state index is 13.0. The number of ether oxygens (including phenoxy) is 2. The number of allylic oxidation sites excluding steroid dienone is 17. The maximum atomic E-state index is 13.0. The van der Waals surface area contributed by atoms with Crippen LogP contribution in [0.25, 0.3) is 0 Å². The summed E-state index contributed by atoms with van der Waals surface area (Å²) < 4.78 is 11.2. The number of hydrogen-bond donors (Lipinski definition) is 6.